The zero-order valence-electron chi connectivity index (χ0n) is 12.0. The Hall–Kier alpha value is -1.20. The van der Waals surface area contributed by atoms with Gasteiger partial charge in [-0.3, -0.25) is 9.59 Å². The fraction of sp³-hybridized carbons (Fsp3) is 0.500. The number of hydrogen-bond donors (Lipinski definition) is 1. The molecule has 1 N–H and O–H groups in total. The van der Waals surface area contributed by atoms with Crippen molar-refractivity contribution in [2.45, 2.75) is 38.1 Å². The maximum Gasteiger partial charge on any atom is 0.292 e. The minimum atomic E-state index is -0.181. The van der Waals surface area contributed by atoms with Gasteiger partial charge in [-0.05, 0) is 49.9 Å². The van der Waals surface area contributed by atoms with E-state index < -0.39 is 0 Å². The number of carbonyl (C=O) groups excluding carboxylic acids is 2. The quantitative estimate of drug-likeness (QED) is 0.821. The van der Waals surface area contributed by atoms with Gasteiger partial charge in [0.2, 0.25) is 5.91 Å². The van der Waals surface area contributed by atoms with E-state index >= 15 is 0 Å². The molecule has 0 spiro atoms. The lowest BCUT2D eigenvalue weighted by Gasteiger charge is -2.22. The normalized spacial score (nSPS) is 24.4. The predicted octanol–water partition coefficient (Wildman–Crippen LogP) is 1.54. The van der Waals surface area contributed by atoms with E-state index in [1.807, 2.05) is 24.3 Å². The number of anilines is 1. The van der Waals surface area contributed by atoms with Crippen LogP contribution in [0.15, 0.2) is 28.7 Å². The van der Waals surface area contributed by atoms with Crippen molar-refractivity contribution < 1.29 is 14.5 Å². The first-order valence-electron chi connectivity index (χ1n) is 7.64. The summed E-state index contributed by atoms with van der Waals surface area (Å²) in [6, 6.07) is 7.18. The first kappa shape index (κ1) is 14.7. The zero-order valence-corrected chi connectivity index (χ0v) is 13.6. The van der Waals surface area contributed by atoms with Gasteiger partial charge in [0.1, 0.15) is 0 Å². The first-order chi connectivity index (χ1) is 10.2. The summed E-state index contributed by atoms with van der Waals surface area (Å²) in [4.78, 5) is 27.6. The molecule has 0 aromatic heterocycles. The SMILES string of the molecule is O=C1C[C@H]([NH+]2CCCCCC2)C(=O)N1c1ccc(Br)cc1. The minimum Gasteiger partial charge on any atom is -0.324 e. The van der Waals surface area contributed by atoms with E-state index in [2.05, 4.69) is 15.9 Å². The van der Waals surface area contributed by atoms with E-state index in [-0.39, 0.29) is 17.9 Å². The highest BCUT2D eigenvalue weighted by Crippen LogP contribution is 2.24. The molecule has 3 rings (SSSR count). The van der Waals surface area contributed by atoms with Gasteiger partial charge < -0.3 is 4.90 Å². The van der Waals surface area contributed by atoms with E-state index in [1.54, 1.807) is 0 Å². The molecule has 0 aliphatic carbocycles. The smallest absolute Gasteiger partial charge is 0.292 e. The number of imide groups is 1. The molecule has 1 aromatic carbocycles. The number of halogens is 1. The zero-order chi connectivity index (χ0) is 14.8. The van der Waals surface area contributed by atoms with Gasteiger partial charge in [0.15, 0.2) is 6.04 Å². The van der Waals surface area contributed by atoms with Crippen LogP contribution in [0.4, 0.5) is 5.69 Å². The van der Waals surface area contributed by atoms with E-state index in [4.69, 9.17) is 0 Å². The van der Waals surface area contributed by atoms with Gasteiger partial charge in [-0.15, -0.1) is 0 Å². The van der Waals surface area contributed by atoms with Gasteiger partial charge in [-0.2, -0.15) is 0 Å². The van der Waals surface area contributed by atoms with Gasteiger partial charge in [0.05, 0.1) is 25.2 Å². The second kappa shape index (κ2) is 6.28. The molecule has 2 aliphatic heterocycles. The van der Waals surface area contributed by atoms with Crippen LogP contribution < -0.4 is 9.80 Å². The summed E-state index contributed by atoms with van der Waals surface area (Å²) in [6.07, 6.45) is 5.16. The molecule has 0 bridgehead atoms. The Kier molecular flexibility index (Phi) is 4.40. The molecule has 5 heteroatoms. The summed E-state index contributed by atoms with van der Waals surface area (Å²) in [7, 11) is 0. The first-order valence-corrected chi connectivity index (χ1v) is 8.43. The highest BCUT2D eigenvalue weighted by atomic mass is 79.9. The molecule has 1 aromatic rings. The van der Waals surface area contributed by atoms with Crippen LogP contribution in [0.1, 0.15) is 32.1 Å². The van der Waals surface area contributed by atoms with Crippen LogP contribution in [0.25, 0.3) is 0 Å². The number of amides is 2. The predicted molar refractivity (Wildman–Crippen MR) is 84.2 cm³/mol. The number of likely N-dealkylation sites (tertiary alicyclic amines) is 1. The molecule has 0 radical (unpaired) electrons. The summed E-state index contributed by atoms with van der Waals surface area (Å²) in [5, 5.41) is 0. The van der Waals surface area contributed by atoms with E-state index in [0.717, 1.165) is 30.4 Å². The third-order valence-corrected chi connectivity index (χ3v) is 5.00. The van der Waals surface area contributed by atoms with Crippen molar-refractivity contribution in [1.82, 2.24) is 0 Å². The lowest BCUT2D eigenvalue weighted by atomic mass is 10.2. The van der Waals surface area contributed by atoms with Crippen LogP contribution >= 0.6 is 15.9 Å². The molecule has 0 unspecified atom stereocenters. The maximum atomic E-state index is 12.7. The van der Waals surface area contributed by atoms with Crippen LogP contribution in [0.5, 0.6) is 0 Å². The standard InChI is InChI=1S/C16H19BrN2O2/c17-12-5-7-13(8-6-12)19-15(20)11-14(16(19)21)18-9-3-1-2-4-10-18/h5-8,14H,1-4,9-11H2/p+1/t14-/m0/s1. The average Bonchev–Trinajstić information content (AvgIpc) is 2.69. The number of carbonyl (C=O) groups is 2. The average molecular weight is 352 g/mol. The summed E-state index contributed by atoms with van der Waals surface area (Å²) in [5.41, 5.74) is 0.685. The van der Waals surface area contributed by atoms with Crippen molar-refractivity contribution >= 4 is 33.4 Å². The van der Waals surface area contributed by atoms with Crippen molar-refractivity contribution in [2.24, 2.45) is 0 Å². The van der Waals surface area contributed by atoms with E-state index in [9.17, 15) is 9.59 Å². The topological polar surface area (TPSA) is 41.8 Å². The summed E-state index contributed by atoms with van der Waals surface area (Å²) in [6.45, 7) is 2.02. The molecular weight excluding hydrogens is 332 g/mol. The molecular formula is C16H20BrN2O2+. The Morgan fingerprint density at radius 1 is 1.00 bits per heavy atom. The number of nitrogens with zero attached hydrogens (tertiary/aromatic N) is 1. The Morgan fingerprint density at radius 2 is 1.62 bits per heavy atom. The third-order valence-electron chi connectivity index (χ3n) is 4.47. The molecule has 2 fully saturated rings. The van der Waals surface area contributed by atoms with Crippen molar-refractivity contribution in [3.05, 3.63) is 28.7 Å². The highest BCUT2D eigenvalue weighted by molar-refractivity contribution is 9.10. The van der Waals surface area contributed by atoms with Crippen LogP contribution in [0.2, 0.25) is 0 Å². The number of hydrogen-bond acceptors (Lipinski definition) is 2. The summed E-state index contributed by atoms with van der Waals surface area (Å²) < 4.78 is 0.944. The monoisotopic (exact) mass is 351 g/mol. The fourth-order valence-corrected chi connectivity index (χ4v) is 3.61. The molecule has 2 aliphatic rings. The van der Waals surface area contributed by atoms with Crippen LogP contribution in [-0.2, 0) is 9.59 Å². The van der Waals surface area contributed by atoms with Crippen molar-refractivity contribution in [1.29, 1.82) is 0 Å². The maximum absolute atomic E-state index is 12.7. The Morgan fingerprint density at radius 3 is 2.24 bits per heavy atom. The van der Waals surface area contributed by atoms with Crippen LogP contribution in [-0.4, -0.2) is 30.9 Å². The summed E-state index contributed by atoms with van der Waals surface area (Å²) in [5.74, 6) is -0.0942. The van der Waals surface area contributed by atoms with E-state index in [1.165, 1.54) is 22.6 Å². The second-order valence-corrected chi connectivity index (χ2v) is 6.79. The summed E-state index contributed by atoms with van der Waals surface area (Å²) >= 11 is 3.37. The van der Waals surface area contributed by atoms with Crippen LogP contribution in [0.3, 0.4) is 0 Å². The number of benzene rings is 1. The second-order valence-electron chi connectivity index (χ2n) is 5.87. The van der Waals surface area contributed by atoms with Crippen LogP contribution in [0, 0.1) is 0 Å². The van der Waals surface area contributed by atoms with Crippen molar-refractivity contribution in [2.75, 3.05) is 18.0 Å². The Labute approximate surface area is 133 Å². The molecule has 4 nitrogen and oxygen atoms in total. The molecule has 2 saturated heterocycles. The Balaban J connectivity index is 1.79. The lowest BCUT2D eigenvalue weighted by molar-refractivity contribution is -0.914. The van der Waals surface area contributed by atoms with Crippen molar-refractivity contribution in [3.8, 4) is 0 Å². The third kappa shape index (κ3) is 3.04. The number of rotatable bonds is 2. The molecule has 21 heavy (non-hydrogen) atoms. The highest BCUT2D eigenvalue weighted by Gasteiger charge is 2.45. The number of nitrogens with one attached hydrogen (secondary N) is 1. The molecule has 0 saturated carbocycles. The van der Waals surface area contributed by atoms with Gasteiger partial charge in [0.25, 0.3) is 5.91 Å². The number of quaternary nitrogens is 1. The lowest BCUT2D eigenvalue weighted by Crippen LogP contribution is -3.16. The Bertz CT molecular complexity index is 536. The van der Waals surface area contributed by atoms with Gasteiger partial charge in [-0.25, -0.2) is 4.90 Å². The van der Waals surface area contributed by atoms with Gasteiger partial charge >= 0.3 is 0 Å². The molecule has 1 atom stereocenters. The van der Waals surface area contributed by atoms with E-state index in [0.29, 0.717) is 12.1 Å². The largest absolute Gasteiger partial charge is 0.324 e. The molecule has 112 valence electrons. The molecule has 2 heterocycles. The van der Waals surface area contributed by atoms with Crippen molar-refractivity contribution in [3.63, 3.8) is 0 Å². The minimum absolute atomic E-state index is 0.0285. The fourth-order valence-electron chi connectivity index (χ4n) is 3.34. The van der Waals surface area contributed by atoms with Gasteiger partial charge in [-0.1, -0.05) is 15.9 Å². The molecule has 2 amide bonds. The van der Waals surface area contributed by atoms with Gasteiger partial charge in [0, 0.05) is 4.47 Å².